The van der Waals surface area contributed by atoms with Gasteiger partial charge < -0.3 is 0 Å². The van der Waals surface area contributed by atoms with Crippen molar-refractivity contribution in [2.24, 2.45) is 5.92 Å². The van der Waals surface area contributed by atoms with Gasteiger partial charge in [-0.2, -0.15) is 0 Å². The highest BCUT2D eigenvalue weighted by Crippen LogP contribution is 2.23. The zero-order chi connectivity index (χ0) is 15.6. The normalized spacial score (nSPS) is 12.3. The molecule has 0 spiro atoms. The first kappa shape index (κ1) is 21.2. The lowest BCUT2D eigenvalue weighted by atomic mass is 9.34. The molecule has 0 fully saturated rings. The van der Waals surface area contributed by atoms with Crippen LogP contribution in [0.3, 0.4) is 0 Å². The summed E-state index contributed by atoms with van der Waals surface area (Å²) >= 11 is 0. The third-order valence-corrected chi connectivity index (χ3v) is 4.48. The number of hydrogen-bond acceptors (Lipinski definition) is 0. The lowest BCUT2D eigenvalue weighted by molar-refractivity contribution is 0.394. The Balaban J connectivity index is 3.67. The van der Waals surface area contributed by atoms with Crippen molar-refractivity contribution in [3.63, 3.8) is 0 Å². The molecule has 1 atom stereocenters. The zero-order valence-electron chi connectivity index (χ0n) is 14.9. The summed E-state index contributed by atoms with van der Waals surface area (Å²) in [6.07, 6.45) is 20.4. The van der Waals surface area contributed by atoms with Crippen molar-refractivity contribution in [1.82, 2.24) is 0 Å². The standard InChI is InChI=1S/C18H37B3/c1-3-5-7-9-10-12-14-18(13-11-8-6-4-2)15-16-20-21-17-19/h18H,3-17H2,1-2H3. The van der Waals surface area contributed by atoms with Gasteiger partial charge in [-0.25, -0.2) is 0 Å². The molecular formula is C18H37B3. The Morgan fingerprint density at radius 2 is 1.19 bits per heavy atom. The maximum absolute atomic E-state index is 5.51. The Morgan fingerprint density at radius 1 is 0.667 bits per heavy atom. The molecule has 0 N–H and O–H groups in total. The molecule has 21 heavy (non-hydrogen) atoms. The first-order chi connectivity index (χ1) is 10.3. The van der Waals surface area contributed by atoms with Crippen LogP contribution in [0.4, 0.5) is 0 Å². The molecule has 0 aliphatic heterocycles. The van der Waals surface area contributed by atoms with Gasteiger partial charge in [-0.3, -0.25) is 0 Å². The summed E-state index contributed by atoms with van der Waals surface area (Å²) in [7, 11) is 9.90. The van der Waals surface area contributed by atoms with Gasteiger partial charge in [-0.15, -0.1) is 6.22 Å². The van der Waals surface area contributed by atoms with Crippen LogP contribution in [-0.2, 0) is 0 Å². The predicted molar refractivity (Wildman–Crippen MR) is 102 cm³/mol. The van der Waals surface area contributed by atoms with E-state index in [1.807, 2.05) is 0 Å². The fraction of sp³-hybridized carbons (Fsp3) is 1.00. The van der Waals surface area contributed by atoms with Crippen LogP contribution >= 0.6 is 0 Å². The minimum absolute atomic E-state index is 0.693. The predicted octanol–water partition coefficient (Wildman–Crippen LogP) is 6.00. The summed E-state index contributed by atoms with van der Waals surface area (Å²) < 4.78 is 0. The van der Waals surface area contributed by atoms with Crippen LogP contribution in [0.25, 0.3) is 0 Å². The van der Waals surface area contributed by atoms with Gasteiger partial charge in [0, 0.05) is 0 Å². The number of rotatable bonds is 17. The second-order valence-corrected chi connectivity index (χ2v) is 6.56. The first-order valence-corrected chi connectivity index (χ1v) is 9.70. The van der Waals surface area contributed by atoms with Crippen molar-refractivity contribution in [2.75, 3.05) is 0 Å². The third-order valence-electron chi connectivity index (χ3n) is 4.48. The Labute approximate surface area is 138 Å². The molecule has 118 valence electrons. The van der Waals surface area contributed by atoms with Crippen molar-refractivity contribution in [1.29, 1.82) is 0 Å². The van der Waals surface area contributed by atoms with E-state index in [1.54, 1.807) is 0 Å². The SMILES string of the molecule is [B]C[B][B]CCC(CCCCCC)CCCCCCCC. The van der Waals surface area contributed by atoms with Crippen LogP contribution in [-0.4, -0.2) is 22.2 Å². The van der Waals surface area contributed by atoms with Gasteiger partial charge in [-0.1, -0.05) is 104 Å². The topological polar surface area (TPSA) is 0 Å². The van der Waals surface area contributed by atoms with Gasteiger partial charge in [0.05, 0.1) is 22.2 Å². The third kappa shape index (κ3) is 16.4. The minimum Gasteiger partial charge on any atom is -0.121 e. The van der Waals surface area contributed by atoms with E-state index in [9.17, 15) is 0 Å². The molecule has 0 aromatic carbocycles. The summed E-state index contributed by atoms with van der Waals surface area (Å²) in [5, 5.41) is 0. The Kier molecular flexibility index (Phi) is 18.4. The van der Waals surface area contributed by atoms with Crippen molar-refractivity contribution in [2.45, 2.75) is 110 Å². The van der Waals surface area contributed by atoms with Crippen LogP contribution in [0.15, 0.2) is 0 Å². The van der Waals surface area contributed by atoms with E-state index in [2.05, 4.69) is 28.2 Å². The lowest BCUT2D eigenvalue weighted by Crippen LogP contribution is -2.07. The summed E-state index contributed by atoms with van der Waals surface area (Å²) in [4.78, 5) is 0. The molecule has 0 saturated heterocycles. The molecule has 0 heterocycles. The average Bonchev–Trinajstić information content (AvgIpc) is 2.50. The van der Waals surface area contributed by atoms with Crippen LogP contribution < -0.4 is 0 Å². The van der Waals surface area contributed by atoms with Gasteiger partial charge in [0.25, 0.3) is 0 Å². The molecule has 0 amide bonds. The zero-order valence-corrected chi connectivity index (χ0v) is 14.9. The first-order valence-electron chi connectivity index (χ1n) is 9.70. The second-order valence-electron chi connectivity index (χ2n) is 6.56. The molecule has 1 unspecified atom stereocenters. The molecule has 0 rings (SSSR count). The van der Waals surface area contributed by atoms with E-state index >= 15 is 0 Å². The average molecular weight is 286 g/mol. The van der Waals surface area contributed by atoms with Crippen LogP contribution in [0.5, 0.6) is 0 Å². The maximum Gasteiger partial charge on any atom is 0.0643 e. The van der Waals surface area contributed by atoms with E-state index in [4.69, 9.17) is 7.85 Å². The van der Waals surface area contributed by atoms with Gasteiger partial charge in [0.15, 0.2) is 0 Å². The Hall–Kier alpha value is 0.195. The van der Waals surface area contributed by atoms with Crippen LogP contribution in [0.1, 0.15) is 97.3 Å². The fourth-order valence-electron chi connectivity index (χ4n) is 3.05. The Bertz CT molecular complexity index is 173. The highest BCUT2D eigenvalue weighted by atomic mass is 14.1. The van der Waals surface area contributed by atoms with Crippen molar-refractivity contribution in [3.8, 4) is 0 Å². The minimum atomic E-state index is 0.693. The highest BCUT2D eigenvalue weighted by Gasteiger charge is 2.08. The molecule has 0 aromatic heterocycles. The summed E-state index contributed by atoms with van der Waals surface area (Å²) in [5.74, 6) is 0.954. The molecule has 0 aromatic rings. The summed E-state index contributed by atoms with van der Waals surface area (Å²) in [6, 6.07) is 0. The van der Waals surface area contributed by atoms with Gasteiger partial charge in [-0.05, 0) is 5.92 Å². The maximum atomic E-state index is 5.51. The number of unbranched alkanes of at least 4 members (excludes halogenated alkanes) is 8. The quantitative estimate of drug-likeness (QED) is 0.227. The Morgan fingerprint density at radius 3 is 1.76 bits per heavy atom. The van der Waals surface area contributed by atoms with Gasteiger partial charge in [0.1, 0.15) is 0 Å². The smallest absolute Gasteiger partial charge is 0.0643 e. The summed E-state index contributed by atoms with van der Waals surface area (Å²) in [6.45, 7) is 4.59. The van der Waals surface area contributed by atoms with Crippen molar-refractivity contribution < 1.29 is 0 Å². The second kappa shape index (κ2) is 18.2. The van der Waals surface area contributed by atoms with Crippen molar-refractivity contribution >= 4 is 22.2 Å². The van der Waals surface area contributed by atoms with Crippen LogP contribution in [0, 0.1) is 5.92 Å². The van der Waals surface area contributed by atoms with E-state index in [-0.39, 0.29) is 0 Å². The number of hydrogen-bond donors (Lipinski definition) is 0. The molecule has 0 nitrogen and oxygen atoms in total. The highest BCUT2D eigenvalue weighted by molar-refractivity contribution is 7.02. The summed E-state index contributed by atoms with van der Waals surface area (Å²) in [5.41, 5.74) is 0. The monoisotopic (exact) mass is 286 g/mol. The van der Waals surface area contributed by atoms with Gasteiger partial charge >= 0.3 is 0 Å². The molecular weight excluding hydrogens is 249 g/mol. The van der Waals surface area contributed by atoms with E-state index in [0.29, 0.717) is 6.22 Å². The van der Waals surface area contributed by atoms with E-state index in [0.717, 1.165) is 5.92 Å². The van der Waals surface area contributed by atoms with Crippen molar-refractivity contribution in [3.05, 3.63) is 0 Å². The largest absolute Gasteiger partial charge is 0.121 e. The molecule has 0 aliphatic carbocycles. The molecule has 0 bridgehead atoms. The molecule has 4 radical (unpaired) electrons. The molecule has 0 saturated carbocycles. The van der Waals surface area contributed by atoms with E-state index in [1.165, 1.54) is 89.8 Å². The molecule has 0 aliphatic rings. The van der Waals surface area contributed by atoms with E-state index < -0.39 is 0 Å². The molecule has 3 heteroatoms. The van der Waals surface area contributed by atoms with Gasteiger partial charge in [0.2, 0.25) is 0 Å². The lowest BCUT2D eigenvalue weighted by Gasteiger charge is -2.17. The fourth-order valence-corrected chi connectivity index (χ4v) is 3.05. The van der Waals surface area contributed by atoms with Crippen LogP contribution in [0.2, 0.25) is 12.5 Å².